The minimum absolute atomic E-state index is 0.00655. The number of nitrogens with zero attached hydrogens (tertiary/aromatic N) is 3. The molecule has 2 heterocycles. The summed E-state index contributed by atoms with van der Waals surface area (Å²) >= 11 is 8.96. The molecule has 21 heavy (non-hydrogen) atoms. The van der Waals surface area contributed by atoms with Crippen LogP contribution in [0.15, 0.2) is 29.0 Å². The average molecular weight is 371 g/mol. The van der Waals surface area contributed by atoms with Crippen LogP contribution in [0.5, 0.6) is 0 Å². The topological polar surface area (TPSA) is 83.6 Å². The molecule has 1 amide bonds. The van der Waals surface area contributed by atoms with Gasteiger partial charge in [-0.05, 0) is 34.1 Å². The Morgan fingerprint density at radius 3 is 2.95 bits per heavy atom. The first-order valence-corrected chi connectivity index (χ1v) is 6.84. The van der Waals surface area contributed by atoms with E-state index in [0.29, 0.717) is 11.2 Å². The predicted octanol–water partition coefficient (Wildman–Crippen LogP) is 3.16. The number of nitrogens with one attached hydrogen (secondary N) is 2. The molecule has 2 aromatic heterocycles. The molecule has 1 aromatic carbocycles. The molecule has 0 radical (unpaired) electrons. The molecule has 2 N–H and O–H groups in total. The fraction of sp³-hybridized carbons (Fsp3) is 0. The molecule has 0 aliphatic rings. The second kappa shape index (κ2) is 5.38. The summed E-state index contributed by atoms with van der Waals surface area (Å²) in [5.41, 5.74) is 0.939. The normalized spacial score (nSPS) is 10.8. The van der Waals surface area contributed by atoms with E-state index < -0.39 is 11.7 Å². The van der Waals surface area contributed by atoms with Gasteiger partial charge < -0.3 is 4.98 Å². The predicted molar refractivity (Wildman–Crippen MR) is 78.7 cm³/mol. The Balaban J connectivity index is 1.90. The second-order valence-electron chi connectivity index (χ2n) is 4.02. The van der Waals surface area contributed by atoms with Gasteiger partial charge in [0.2, 0.25) is 5.95 Å². The lowest BCUT2D eigenvalue weighted by Crippen LogP contribution is -2.14. The second-order valence-corrected chi connectivity index (χ2v) is 5.23. The van der Waals surface area contributed by atoms with E-state index in [1.807, 2.05) is 0 Å². The van der Waals surface area contributed by atoms with Crippen molar-refractivity contribution >= 4 is 50.6 Å². The fourth-order valence-electron chi connectivity index (χ4n) is 1.66. The van der Waals surface area contributed by atoms with Crippen molar-refractivity contribution in [2.45, 2.75) is 0 Å². The smallest absolute Gasteiger partial charge is 0.258 e. The molecule has 3 rings (SSSR count). The molecule has 0 bridgehead atoms. The molecule has 0 saturated heterocycles. The largest absolute Gasteiger partial charge is 0.341 e. The van der Waals surface area contributed by atoms with E-state index in [4.69, 9.17) is 11.6 Å². The van der Waals surface area contributed by atoms with Gasteiger partial charge >= 0.3 is 0 Å². The minimum Gasteiger partial charge on any atom is -0.341 e. The number of amides is 1. The van der Waals surface area contributed by atoms with Crippen LogP contribution in [0.2, 0.25) is 5.15 Å². The highest BCUT2D eigenvalue weighted by Gasteiger charge is 2.13. The van der Waals surface area contributed by atoms with Crippen LogP contribution in [0.4, 0.5) is 10.3 Å². The van der Waals surface area contributed by atoms with E-state index >= 15 is 0 Å². The Morgan fingerprint density at radius 1 is 1.38 bits per heavy atom. The maximum absolute atomic E-state index is 13.4. The number of imidazole rings is 1. The average Bonchev–Trinajstić information content (AvgIpc) is 2.90. The highest BCUT2D eigenvalue weighted by molar-refractivity contribution is 9.10. The summed E-state index contributed by atoms with van der Waals surface area (Å²) in [5.74, 6) is -1.09. The van der Waals surface area contributed by atoms with Crippen molar-refractivity contribution in [3.63, 3.8) is 0 Å². The van der Waals surface area contributed by atoms with Crippen molar-refractivity contribution in [1.82, 2.24) is 19.9 Å². The maximum atomic E-state index is 13.4. The van der Waals surface area contributed by atoms with Gasteiger partial charge in [0.25, 0.3) is 5.91 Å². The molecule has 0 unspecified atom stereocenters. The molecular formula is C12H6BrClFN5O. The van der Waals surface area contributed by atoms with Crippen LogP contribution in [0.25, 0.3) is 11.2 Å². The number of aromatic nitrogens is 4. The number of aromatic amines is 1. The monoisotopic (exact) mass is 369 g/mol. The first kappa shape index (κ1) is 13.9. The lowest BCUT2D eigenvalue weighted by atomic mass is 10.2. The molecular weight excluding hydrogens is 365 g/mol. The van der Waals surface area contributed by atoms with Crippen LogP contribution < -0.4 is 5.32 Å². The Kier molecular flexibility index (Phi) is 3.56. The Bertz CT molecular complexity index is 853. The molecule has 3 aromatic rings. The molecule has 0 saturated carbocycles. The fourth-order valence-corrected chi connectivity index (χ4v) is 2.13. The Hall–Kier alpha value is -2.06. The molecule has 106 valence electrons. The summed E-state index contributed by atoms with van der Waals surface area (Å²) in [7, 11) is 0. The van der Waals surface area contributed by atoms with Gasteiger partial charge in [0.1, 0.15) is 11.3 Å². The van der Waals surface area contributed by atoms with E-state index in [-0.39, 0.29) is 21.1 Å². The number of halogens is 3. The third-order valence-electron chi connectivity index (χ3n) is 2.65. The summed E-state index contributed by atoms with van der Waals surface area (Å²) in [6.07, 6.45) is 1.42. The van der Waals surface area contributed by atoms with Crippen LogP contribution in [-0.2, 0) is 0 Å². The van der Waals surface area contributed by atoms with Gasteiger partial charge in [0.15, 0.2) is 10.8 Å². The minimum atomic E-state index is -0.549. The van der Waals surface area contributed by atoms with Crippen molar-refractivity contribution in [3.8, 4) is 0 Å². The van der Waals surface area contributed by atoms with E-state index in [2.05, 4.69) is 41.2 Å². The lowest BCUT2D eigenvalue weighted by molar-refractivity contribution is 0.102. The molecule has 0 fully saturated rings. The zero-order valence-electron chi connectivity index (χ0n) is 10.2. The zero-order chi connectivity index (χ0) is 15.0. The van der Waals surface area contributed by atoms with Gasteiger partial charge in [-0.2, -0.15) is 9.97 Å². The first-order chi connectivity index (χ1) is 10.0. The molecule has 9 heteroatoms. The van der Waals surface area contributed by atoms with Crippen molar-refractivity contribution in [2.75, 3.05) is 5.32 Å². The van der Waals surface area contributed by atoms with Crippen molar-refractivity contribution in [3.05, 3.63) is 45.5 Å². The van der Waals surface area contributed by atoms with Gasteiger partial charge in [-0.1, -0.05) is 11.6 Å². The van der Waals surface area contributed by atoms with E-state index in [1.165, 1.54) is 18.5 Å². The molecule has 0 spiro atoms. The number of carbonyl (C=O) groups excluding carboxylic acids is 1. The Morgan fingerprint density at radius 2 is 2.19 bits per heavy atom. The number of anilines is 1. The molecule has 0 aliphatic heterocycles. The first-order valence-electron chi connectivity index (χ1n) is 5.67. The molecule has 0 aliphatic carbocycles. The van der Waals surface area contributed by atoms with E-state index in [1.54, 1.807) is 0 Å². The number of hydrogen-bond donors (Lipinski definition) is 2. The number of carbonyl (C=O) groups is 1. The van der Waals surface area contributed by atoms with Crippen LogP contribution in [0.3, 0.4) is 0 Å². The molecule has 6 nitrogen and oxygen atoms in total. The standard InChI is InChI=1S/C12H6BrClFN5O/c13-6-2-1-5(3-7(6)15)11(21)20-12-18-9(14)8-10(19-12)17-4-16-8/h1-4H,(H2,16,17,18,19,20,21). The van der Waals surface area contributed by atoms with Crippen molar-refractivity contribution in [2.24, 2.45) is 0 Å². The van der Waals surface area contributed by atoms with Crippen LogP contribution in [0, 0.1) is 5.82 Å². The number of fused-ring (bicyclic) bond motifs is 1. The summed E-state index contributed by atoms with van der Waals surface area (Å²) in [6, 6.07) is 4.01. The van der Waals surface area contributed by atoms with Crippen LogP contribution >= 0.6 is 27.5 Å². The number of benzene rings is 1. The van der Waals surface area contributed by atoms with Crippen molar-refractivity contribution in [1.29, 1.82) is 0 Å². The van der Waals surface area contributed by atoms with Gasteiger partial charge in [0, 0.05) is 5.56 Å². The van der Waals surface area contributed by atoms with Gasteiger partial charge in [0.05, 0.1) is 10.8 Å². The third-order valence-corrected chi connectivity index (χ3v) is 3.57. The number of hydrogen-bond acceptors (Lipinski definition) is 4. The van der Waals surface area contributed by atoms with E-state index in [9.17, 15) is 9.18 Å². The summed E-state index contributed by atoms with van der Waals surface area (Å²) in [6.45, 7) is 0. The lowest BCUT2D eigenvalue weighted by Gasteiger charge is -2.05. The summed E-state index contributed by atoms with van der Waals surface area (Å²) in [4.78, 5) is 26.7. The summed E-state index contributed by atoms with van der Waals surface area (Å²) < 4.78 is 13.7. The van der Waals surface area contributed by atoms with Crippen LogP contribution in [0.1, 0.15) is 10.4 Å². The number of rotatable bonds is 2. The third kappa shape index (κ3) is 2.72. The van der Waals surface area contributed by atoms with Gasteiger partial charge in [-0.15, -0.1) is 0 Å². The summed E-state index contributed by atoms with van der Waals surface area (Å²) in [5, 5.41) is 2.58. The quantitative estimate of drug-likeness (QED) is 0.679. The van der Waals surface area contributed by atoms with E-state index in [0.717, 1.165) is 6.07 Å². The van der Waals surface area contributed by atoms with Gasteiger partial charge in [-0.25, -0.2) is 9.37 Å². The Labute approximate surface area is 130 Å². The SMILES string of the molecule is O=C(Nc1nc(Cl)c2[nH]cnc2n1)c1ccc(Br)c(F)c1. The van der Waals surface area contributed by atoms with Gasteiger partial charge in [-0.3, -0.25) is 10.1 Å². The number of H-pyrrole nitrogens is 1. The highest BCUT2D eigenvalue weighted by Crippen LogP contribution is 2.20. The zero-order valence-corrected chi connectivity index (χ0v) is 12.5. The maximum Gasteiger partial charge on any atom is 0.258 e. The van der Waals surface area contributed by atoms with Crippen LogP contribution in [-0.4, -0.2) is 25.8 Å². The highest BCUT2D eigenvalue weighted by atomic mass is 79.9. The molecule has 0 atom stereocenters. The van der Waals surface area contributed by atoms with Crippen molar-refractivity contribution < 1.29 is 9.18 Å².